The first-order valence-electron chi connectivity index (χ1n) is 11.1. The minimum absolute atomic E-state index is 0.359. The summed E-state index contributed by atoms with van der Waals surface area (Å²) in [6, 6.07) is 10.9. The van der Waals surface area contributed by atoms with E-state index >= 15 is 0 Å². The molecule has 31 heavy (non-hydrogen) atoms. The van der Waals surface area contributed by atoms with Crippen LogP contribution >= 0.6 is 0 Å². The average Bonchev–Trinajstić information content (AvgIpc) is 2.81. The number of piperidine rings is 1. The molecule has 0 radical (unpaired) electrons. The molecule has 2 atom stereocenters. The SMILES string of the molecule is CCC1(O)CCN2Cc3c(c4cc(OC)c(OC)cc4c4cc(OC)ccc34)CC2C1. The first-order valence-corrected chi connectivity index (χ1v) is 11.1. The summed E-state index contributed by atoms with van der Waals surface area (Å²) in [4.78, 5) is 2.56. The van der Waals surface area contributed by atoms with E-state index in [1.165, 1.54) is 27.3 Å². The maximum atomic E-state index is 11.0. The summed E-state index contributed by atoms with van der Waals surface area (Å²) >= 11 is 0. The van der Waals surface area contributed by atoms with Gasteiger partial charge >= 0.3 is 0 Å². The van der Waals surface area contributed by atoms with E-state index in [1.54, 1.807) is 21.3 Å². The molecule has 5 heteroatoms. The fourth-order valence-corrected chi connectivity index (χ4v) is 5.60. The molecule has 0 aromatic heterocycles. The third-order valence-electron chi connectivity index (χ3n) is 7.51. The maximum Gasteiger partial charge on any atom is 0.161 e. The minimum Gasteiger partial charge on any atom is -0.497 e. The second-order valence-electron chi connectivity index (χ2n) is 8.98. The first-order chi connectivity index (χ1) is 15.0. The smallest absolute Gasteiger partial charge is 0.161 e. The quantitative estimate of drug-likeness (QED) is 0.620. The fraction of sp³-hybridized carbons (Fsp3) is 0.462. The lowest BCUT2D eigenvalue weighted by Crippen LogP contribution is -2.52. The normalized spacial score (nSPS) is 23.5. The number of methoxy groups -OCH3 is 3. The van der Waals surface area contributed by atoms with Crippen molar-refractivity contribution in [3.05, 3.63) is 41.5 Å². The molecule has 5 nitrogen and oxygen atoms in total. The van der Waals surface area contributed by atoms with Gasteiger partial charge in [0.2, 0.25) is 0 Å². The molecule has 0 spiro atoms. The van der Waals surface area contributed by atoms with Crippen molar-refractivity contribution in [1.29, 1.82) is 0 Å². The molecule has 0 amide bonds. The van der Waals surface area contributed by atoms with Crippen molar-refractivity contribution in [3.63, 3.8) is 0 Å². The molecule has 1 fully saturated rings. The highest BCUT2D eigenvalue weighted by atomic mass is 16.5. The van der Waals surface area contributed by atoms with E-state index in [0.29, 0.717) is 6.04 Å². The average molecular weight is 422 g/mol. The molecule has 3 aromatic carbocycles. The van der Waals surface area contributed by atoms with Gasteiger partial charge in [0.25, 0.3) is 0 Å². The number of aliphatic hydroxyl groups is 1. The molecule has 2 aliphatic rings. The largest absolute Gasteiger partial charge is 0.497 e. The predicted molar refractivity (Wildman–Crippen MR) is 123 cm³/mol. The van der Waals surface area contributed by atoms with Gasteiger partial charge < -0.3 is 19.3 Å². The molecule has 0 bridgehead atoms. The van der Waals surface area contributed by atoms with Crippen LogP contribution in [0.3, 0.4) is 0 Å². The fourth-order valence-electron chi connectivity index (χ4n) is 5.60. The summed E-state index contributed by atoms with van der Waals surface area (Å²) in [7, 11) is 5.07. The van der Waals surface area contributed by atoms with Crippen LogP contribution in [0, 0.1) is 0 Å². The van der Waals surface area contributed by atoms with E-state index < -0.39 is 5.60 Å². The Morgan fingerprint density at radius 1 is 0.935 bits per heavy atom. The molecule has 1 N–H and O–H groups in total. The zero-order valence-electron chi connectivity index (χ0n) is 18.8. The van der Waals surface area contributed by atoms with Gasteiger partial charge in [0, 0.05) is 19.1 Å². The predicted octanol–water partition coefficient (Wildman–Crippen LogP) is 4.68. The Morgan fingerprint density at radius 2 is 1.65 bits per heavy atom. The zero-order chi connectivity index (χ0) is 21.8. The Labute approximate surface area is 183 Å². The van der Waals surface area contributed by atoms with Crippen molar-refractivity contribution in [2.45, 2.75) is 50.8 Å². The highest BCUT2D eigenvalue weighted by molar-refractivity contribution is 6.12. The Bertz CT molecular complexity index is 1160. The molecule has 2 aliphatic heterocycles. The van der Waals surface area contributed by atoms with Gasteiger partial charge in [0.05, 0.1) is 26.9 Å². The van der Waals surface area contributed by atoms with Crippen LogP contribution in [0.2, 0.25) is 0 Å². The number of rotatable bonds is 4. The van der Waals surface area contributed by atoms with Crippen LogP contribution in [0.1, 0.15) is 37.3 Å². The lowest BCUT2D eigenvalue weighted by molar-refractivity contribution is -0.0543. The monoisotopic (exact) mass is 421 g/mol. The topological polar surface area (TPSA) is 51.2 Å². The van der Waals surface area contributed by atoms with Crippen molar-refractivity contribution < 1.29 is 19.3 Å². The van der Waals surface area contributed by atoms with Gasteiger partial charge in [-0.25, -0.2) is 0 Å². The standard InChI is InChI=1S/C26H31NO4/c1-5-26(28)8-9-27-15-23-18-7-6-17(29-2)11-20(18)22-13-25(31-4)24(30-3)12-21(22)19(23)10-16(27)14-26/h6-7,11-13,16,28H,5,8-10,14-15H2,1-4H3. The Kier molecular flexibility index (Phi) is 4.98. The summed E-state index contributed by atoms with van der Waals surface area (Å²) in [5, 5.41) is 15.8. The van der Waals surface area contributed by atoms with Gasteiger partial charge in [0.1, 0.15) is 5.75 Å². The first kappa shape index (κ1) is 20.4. The van der Waals surface area contributed by atoms with Crippen LogP contribution in [0.25, 0.3) is 21.5 Å². The molecule has 5 rings (SSSR count). The third kappa shape index (κ3) is 3.22. The molecule has 1 saturated heterocycles. The Morgan fingerprint density at radius 3 is 2.32 bits per heavy atom. The second-order valence-corrected chi connectivity index (χ2v) is 8.98. The molecule has 164 valence electrons. The number of hydrogen-bond donors (Lipinski definition) is 1. The highest BCUT2D eigenvalue weighted by Gasteiger charge is 2.40. The van der Waals surface area contributed by atoms with Gasteiger partial charge in [-0.1, -0.05) is 13.0 Å². The van der Waals surface area contributed by atoms with Crippen LogP contribution in [0.15, 0.2) is 30.3 Å². The maximum absolute atomic E-state index is 11.0. The van der Waals surface area contributed by atoms with Crippen LogP contribution in [-0.4, -0.2) is 49.5 Å². The Balaban J connectivity index is 1.77. The van der Waals surface area contributed by atoms with Crippen LogP contribution in [0.5, 0.6) is 17.2 Å². The van der Waals surface area contributed by atoms with Crippen molar-refractivity contribution in [2.75, 3.05) is 27.9 Å². The van der Waals surface area contributed by atoms with Crippen molar-refractivity contribution in [1.82, 2.24) is 4.90 Å². The lowest BCUT2D eigenvalue weighted by atomic mass is 9.77. The van der Waals surface area contributed by atoms with E-state index in [2.05, 4.69) is 36.1 Å². The highest BCUT2D eigenvalue weighted by Crippen LogP contribution is 2.45. The molecule has 2 unspecified atom stereocenters. The molecule has 0 saturated carbocycles. The van der Waals surface area contributed by atoms with E-state index in [0.717, 1.165) is 61.4 Å². The number of hydrogen-bond acceptors (Lipinski definition) is 5. The van der Waals surface area contributed by atoms with E-state index in [-0.39, 0.29) is 0 Å². The molecule has 3 aromatic rings. The minimum atomic E-state index is -0.542. The van der Waals surface area contributed by atoms with E-state index in [4.69, 9.17) is 14.2 Å². The van der Waals surface area contributed by atoms with Gasteiger partial charge in [0.15, 0.2) is 11.5 Å². The van der Waals surface area contributed by atoms with Gasteiger partial charge in [-0.15, -0.1) is 0 Å². The number of ether oxygens (including phenoxy) is 3. The van der Waals surface area contributed by atoms with Crippen LogP contribution < -0.4 is 14.2 Å². The third-order valence-corrected chi connectivity index (χ3v) is 7.51. The molecular weight excluding hydrogens is 390 g/mol. The zero-order valence-corrected chi connectivity index (χ0v) is 18.8. The molecule has 2 heterocycles. The molecular formula is C26H31NO4. The summed E-state index contributed by atoms with van der Waals surface area (Å²) in [5.74, 6) is 2.33. The number of benzene rings is 3. The van der Waals surface area contributed by atoms with Crippen LogP contribution in [0.4, 0.5) is 0 Å². The van der Waals surface area contributed by atoms with Gasteiger partial charge in [-0.2, -0.15) is 0 Å². The van der Waals surface area contributed by atoms with Crippen molar-refractivity contribution >= 4 is 21.5 Å². The summed E-state index contributed by atoms with van der Waals surface area (Å²) < 4.78 is 16.8. The van der Waals surface area contributed by atoms with E-state index in [9.17, 15) is 5.11 Å². The van der Waals surface area contributed by atoms with E-state index in [1.807, 2.05) is 6.07 Å². The van der Waals surface area contributed by atoms with Gasteiger partial charge in [-0.3, -0.25) is 4.90 Å². The number of fused-ring (bicyclic) bond motifs is 7. The number of nitrogens with zero attached hydrogens (tertiary/aromatic N) is 1. The molecule has 0 aliphatic carbocycles. The van der Waals surface area contributed by atoms with Crippen molar-refractivity contribution in [2.24, 2.45) is 0 Å². The van der Waals surface area contributed by atoms with Crippen molar-refractivity contribution in [3.8, 4) is 17.2 Å². The summed E-state index contributed by atoms with van der Waals surface area (Å²) in [6.45, 7) is 3.95. The second kappa shape index (κ2) is 7.57. The Hall–Kier alpha value is -2.50. The summed E-state index contributed by atoms with van der Waals surface area (Å²) in [5.41, 5.74) is 2.21. The van der Waals surface area contributed by atoms with Gasteiger partial charge in [-0.05, 0) is 82.6 Å². The van der Waals surface area contributed by atoms with Crippen LogP contribution in [-0.2, 0) is 13.0 Å². The lowest BCUT2D eigenvalue weighted by Gasteiger charge is -2.47. The summed E-state index contributed by atoms with van der Waals surface area (Å²) in [6.07, 6.45) is 3.43.